The smallest absolute Gasteiger partial charge is 0.330 e. The molecule has 0 rings (SSSR count). The van der Waals surface area contributed by atoms with Gasteiger partial charge in [0.1, 0.15) is 0 Å². The number of ether oxygens (including phenoxy) is 1. The molecule has 0 saturated heterocycles. The van der Waals surface area contributed by atoms with Gasteiger partial charge in [0.05, 0.1) is 6.61 Å². The summed E-state index contributed by atoms with van der Waals surface area (Å²) in [7, 11) is 0. The van der Waals surface area contributed by atoms with E-state index >= 15 is 0 Å². The third kappa shape index (κ3) is 19.1. The number of carbonyl (C=O) groups is 2. The first kappa shape index (κ1) is 20.8. The van der Waals surface area contributed by atoms with Gasteiger partial charge in [-0.15, -0.1) is 0 Å². The molecule has 0 amide bonds. The van der Waals surface area contributed by atoms with Crippen LogP contribution in [0.15, 0.2) is 24.8 Å². The summed E-state index contributed by atoms with van der Waals surface area (Å²) in [6.45, 7) is 10.4. The summed E-state index contributed by atoms with van der Waals surface area (Å²) >= 11 is 0. The second kappa shape index (κ2) is 14.4. The molecular weight excluding hydrogens is 219 g/mol. The Balaban J connectivity index is -0.000000214. The quantitative estimate of drug-likeness (QED) is 0.342. The van der Waals surface area contributed by atoms with Crippen LogP contribution in [0.2, 0.25) is 0 Å². The van der Waals surface area contributed by atoms with Crippen molar-refractivity contribution in [2.24, 2.45) is 0 Å². The molecule has 0 aromatic carbocycles. The van der Waals surface area contributed by atoms with Crippen LogP contribution < -0.4 is 0 Å². The van der Waals surface area contributed by atoms with Gasteiger partial charge >= 0.3 is 11.9 Å². The van der Waals surface area contributed by atoms with E-state index in [0.717, 1.165) is 12.8 Å². The number of hydrogen-bond acceptors (Lipinski definition) is 3. The molecule has 0 fully saturated rings. The van der Waals surface area contributed by atoms with E-state index in [-0.39, 0.29) is 41.1 Å². The van der Waals surface area contributed by atoms with Crippen molar-refractivity contribution in [1.82, 2.24) is 0 Å². The minimum absolute atomic E-state index is 0. The van der Waals surface area contributed by atoms with Gasteiger partial charge in [0, 0.05) is 41.2 Å². The molecule has 16 heavy (non-hydrogen) atoms. The number of hydrogen-bond donors (Lipinski definition) is 1. The molecule has 0 aliphatic rings. The second-order valence-electron chi connectivity index (χ2n) is 2.81. The molecule has 1 radical (unpaired) electrons. The fourth-order valence-electron chi connectivity index (χ4n) is 0.376. The summed E-state index contributed by atoms with van der Waals surface area (Å²) in [4.78, 5) is 19.9. The third-order valence-electron chi connectivity index (χ3n) is 1.27. The van der Waals surface area contributed by atoms with E-state index in [9.17, 15) is 9.59 Å². The molecule has 0 bridgehead atoms. The van der Waals surface area contributed by atoms with Crippen molar-refractivity contribution in [3.63, 3.8) is 0 Å². The molecule has 0 aromatic heterocycles. The van der Waals surface area contributed by atoms with Crippen molar-refractivity contribution in [3.8, 4) is 0 Å². The van der Waals surface area contributed by atoms with Crippen LogP contribution in [0.1, 0.15) is 26.7 Å². The van der Waals surface area contributed by atoms with Crippen LogP contribution in [0, 0.1) is 0 Å². The number of aliphatic carboxylic acids is 1. The van der Waals surface area contributed by atoms with E-state index in [1.54, 1.807) is 0 Å². The monoisotopic (exact) mass is 237 g/mol. The molecule has 0 spiro atoms. The molecule has 0 atom stereocenters. The largest absolute Gasteiger partial charge is 0.478 e. The summed E-state index contributed by atoms with van der Waals surface area (Å²) < 4.78 is 4.67. The van der Waals surface area contributed by atoms with Gasteiger partial charge in [-0.3, -0.25) is 0 Å². The molecule has 87 valence electrons. The van der Waals surface area contributed by atoms with E-state index in [0.29, 0.717) is 6.61 Å². The number of carboxylic acid groups (broad SMARTS) is 1. The molecule has 0 heterocycles. The summed E-state index contributed by atoms with van der Waals surface area (Å²) in [5, 5.41) is 7.89. The van der Waals surface area contributed by atoms with Gasteiger partial charge in [0.15, 0.2) is 0 Å². The van der Waals surface area contributed by atoms with Crippen LogP contribution in [0.4, 0.5) is 0 Å². The molecule has 0 aliphatic heterocycles. The number of rotatable bonds is 5. The zero-order chi connectivity index (χ0) is 12.3. The van der Waals surface area contributed by atoms with E-state index in [1.165, 1.54) is 13.0 Å². The topological polar surface area (TPSA) is 63.6 Å². The molecule has 0 aliphatic carbocycles. The normalized spacial score (nSPS) is 7.62. The van der Waals surface area contributed by atoms with E-state index in [2.05, 4.69) is 17.9 Å². The molecule has 0 unspecified atom stereocenters. The molecular formula is C11H18NaO4. The Kier molecular flexibility index (Phi) is 18.7. The van der Waals surface area contributed by atoms with Crippen molar-refractivity contribution in [2.45, 2.75) is 26.7 Å². The van der Waals surface area contributed by atoms with Gasteiger partial charge in [-0.1, -0.05) is 26.5 Å². The average Bonchev–Trinajstić information content (AvgIpc) is 2.18. The SMILES string of the molecule is C=C(C)C(=O)O.C=CC(=O)OCCCC.[Na]. The molecule has 4 nitrogen and oxygen atoms in total. The summed E-state index contributed by atoms with van der Waals surface area (Å²) in [6, 6.07) is 0. The Hall–Kier alpha value is -0.580. The Morgan fingerprint density at radius 3 is 2.12 bits per heavy atom. The molecule has 0 aromatic rings. The Morgan fingerprint density at radius 2 is 1.88 bits per heavy atom. The first-order valence-electron chi connectivity index (χ1n) is 4.63. The Morgan fingerprint density at radius 1 is 1.44 bits per heavy atom. The first-order chi connectivity index (χ1) is 6.95. The van der Waals surface area contributed by atoms with Gasteiger partial charge in [-0.05, 0) is 13.3 Å². The summed E-state index contributed by atoms with van der Waals surface area (Å²) in [5.41, 5.74) is 0.176. The van der Waals surface area contributed by atoms with Gasteiger partial charge in [0.2, 0.25) is 0 Å². The van der Waals surface area contributed by atoms with Crippen LogP contribution in [-0.2, 0) is 14.3 Å². The van der Waals surface area contributed by atoms with Crippen molar-refractivity contribution in [2.75, 3.05) is 6.61 Å². The first-order valence-corrected chi connectivity index (χ1v) is 4.63. The van der Waals surface area contributed by atoms with Crippen molar-refractivity contribution >= 4 is 41.5 Å². The third-order valence-corrected chi connectivity index (χ3v) is 1.27. The predicted octanol–water partition coefficient (Wildman–Crippen LogP) is 1.78. The average molecular weight is 237 g/mol. The predicted molar refractivity (Wildman–Crippen MR) is 64.3 cm³/mol. The number of esters is 1. The van der Waals surface area contributed by atoms with Gasteiger partial charge in [-0.25, -0.2) is 9.59 Å². The molecule has 5 heteroatoms. The van der Waals surface area contributed by atoms with Crippen LogP contribution in [0.3, 0.4) is 0 Å². The Labute approximate surface area is 119 Å². The minimum Gasteiger partial charge on any atom is -0.478 e. The second-order valence-corrected chi connectivity index (χ2v) is 2.81. The van der Waals surface area contributed by atoms with Crippen molar-refractivity contribution in [1.29, 1.82) is 0 Å². The van der Waals surface area contributed by atoms with Crippen molar-refractivity contribution < 1.29 is 19.4 Å². The maximum absolute atomic E-state index is 10.3. The van der Waals surface area contributed by atoms with E-state index in [4.69, 9.17) is 5.11 Å². The summed E-state index contributed by atoms with van der Waals surface area (Å²) in [6.07, 6.45) is 3.15. The van der Waals surface area contributed by atoms with Crippen molar-refractivity contribution in [3.05, 3.63) is 24.8 Å². The van der Waals surface area contributed by atoms with Gasteiger partial charge in [0.25, 0.3) is 0 Å². The zero-order valence-electron chi connectivity index (χ0n) is 10.3. The number of unbranched alkanes of at least 4 members (excludes halogenated alkanes) is 1. The van der Waals surface area contributed by atoms with Gasteiger partial charge < -0.3 is 9.84 Å². The fourth-order valence-corrected chi connectivity index (χ4v) is 0.376. The van der Waals surface area contributed by atoms with E-state index < -0.39 is 5.97 Å². The Bertz CT molecular complexity index is 224. The standard InChI is InChI=1S/C7H12O2.C4H6O2.Na/c1-3-5-6-9-7(8)4-2;1-3(2)4(5)6;/h4H,2-3,5-6H2,1H3;1H2,2H3,(H,5,6);. The molecule has 0 saturated carbocycles. The maximum Gasteiger partial charge on any atom is 0.330 e. The van der Waals surface area contributed by atoms with Crippen LogP contribution in [-0.4, -0.2) is 53.2 Å². The van der Waals surface area contributed by atoms with Crippen LogP contribution >= 0.6 is 0 Å². The fraction of sp³-hybridized carbons (Fsp3) is 0.455. The molecule has 1 N–H and O–H groups in total. The van der Waals surface area contributed by atoms with Crippen LogP contribution in [0.25, 0.3) is 0 Å². The van der Waals surface area contributed by atoms with Gasteiger partial charge in [-0.2, -0.15) is 0 Å². The zero-order valence-corrected chi connectivity index (χ0v) is 12.3. The maximum atomic E-state index is 10.3. The number of carboxylic acids is 1. The number of carbonyl (C=O) groups excluding carboxylic acids is 1. The van der Waals surface area contributed by atoms with Crippen LogP contribution in [0.5, 0.6) is 0 Å². The van der Waals surface area contributed by atoms with E-state index in [1.807, 2.05) is 6.92 Å². The minimum atomic E-state index is -0.935. The summed E-state index contributed by atoms with van der Waals surface area (Å²) in [5.74, 6) is -1.27.